The van der Waals surface area contributed by atoms with Gasteiger partial charge in [-0.15, -0.1) is 24.8 Å². The molecule has 152 valence electrons. The van der Waals surface area contributed by atoms with Crippen LogP contribution in [0.25, 0.3) is 0 Å². The van der Waals surface area contributed by atoms with E-state index in [1.165, 1.54) is 12.8 Å². The van der Waals surface area contributed by atoms with E-state index in [1.807, 2.05) is 4.90 Å². The van der Waals surface area contributed by atoms with Crippen LogP contribution in [0.2, 0.25) is 0 Å². The molecule has 2 heterocycles. The second-order valence-electron chi connectivity index (χ2n) is 7.79. The van der Waals surface area contributed by atoms with E-state index in [0.717, 1.165) is 64.3 Å². The van der Waals surface area contributed by atoms with E-state index in [9.17, 15) is 9.59 Å². The molecule has 26 heavy (non-hydrogen) atoms. The van der Waals surface area contributed by atoms with Gasteiger partial charge in [0.25, 0.3) is 0 Å². The maximum atomic E-state index is 12.4. The van der Waals surface area contributed by atoms with Crippen LogP contribution < -0.4 is 10.6 Å². The molecule has 0 aromatic carbocycles. The van der Waals surface area contributed by atoms with Gasteiger partial charge >= 0.3 is 0 Å². The Hall–Kier alpha value is -0.560. The second-order valence-corrected chi connectivity index (χ2v) is 7.79. The molecule has 0 spiro atoms. The molecule has 0 aromatic heterocycles. The standard InChI is InChI=1S/C18H32N4O2.2ClH/c1-14-4-2-5-15(12-14)20-17(23)13-21-8-10-22(11-9-21)18(24)16-6-3-7-19-16;;/h14-16,19H,2-13H2,1H3,(H,20,23);2*1H. The van der Waals surface area contributed by atoms with Gasteiger partial charge in [0.1, 0.15) is 0 Å². The number of nitrogens with one attached hydrogen (secondary N) is 2. The van der Waals surface area contributed by atoms with E-state index in [0.29, 0.717) is 12.6 Å². The van der Waals surface area contributed by atoms with Gasteiger partial charge in [0.2, 0.25) is 11.8 Å². The van der Waals surface area contributed by atoms with Crippen molar-refractivity contribution in [2.75, 3.05) is 39.3 Å². The van der Waals surface area contributed by atoms with Gasteiger partial charge in [-0.2, -0.15) is 0 Å². The lowest BCUT2D eigenvalue weighted by Crippen LogP contribution is -2.54. The lowest BCUT2D eigenvalue weighted by Gasteiger charge is -2.36. The van der Waals surface area contributed by atoms with Crippen LogP contribution >= 0.6 is 24.8 Å². The number of amides is 2. The molecule has 3 aliphatic rings. The maximum absolute atomic E-state index is 12.4. The molecule has 3 unspecified atom stereocenters. The van der Waals surface area contributed by atoms with Gasteiger partial charge in [-0.1, -0.05) is 19.8 Å². The molecule has 3 rings (SSSR count). The van der Waals surface area contributed by atoms with E-state index in [2.05, 4.69) is 22.5 Å². The summed E-state index contributed by atoms with van der Waals surface area (Å²) >= 11 is 0. The predicted octanol–water partition coefficient (Wildman–Crippen LogP) is 1.42. The fourth-order valence-electron chi connectivity index (χ4n) is 4.28. The first kappa shape index (κ1) is 23.5. The number of carbonyl (C=O) groups is 2. The third kappa shape index (κ3) is 6.55. The normalized spacial score (nSPS) is 29.4. The van der Waals surface area contributed by atoms with Gasteiger partial charge in [-0.25, -0.2) is 0 Å². The average molecular weight is 409 g/mol. The van der Waals surface area contributed by atoms with Gasteiger partial charge in [-0.3, -0.25) is 14.5 Å². The summed E-state index contributed by atoms with van der Waals surface area (Å²) in [4.78, 5) is 28.8. The van der Waals surface area contributed by atoms with Gasteiger partial charge in [-0.05, 0) is 38.1 Å². The Morgan fingerprint density at radius 3 is 2.38 bits per heavy atom. The van der Waals surface area contributed by atoms with E-state index < -0.39 is 0 Å². The minimum Gasteiger partial charge on any atom is -0.352 e. The summed E-state index contributed by atoms with van der Waals surface area (Å²) in [6.07, 6.45) is 6.80. The van der Waals surface area contributed by atoms with Crippen LogP contribution in [0.1, 0.15) is 45.4 Å². The van der Waals surface area contributed by atoms with E-state index in [-0.39, 0.29) is 42.7 Å². The molecule has 3 fully saturated rings. The van der Waals surface area contributed by atoms with Crippen LogP contribution in [0.3, 0.4) is 0 Å². The Kier molecular flexibility index (Phi) is 10.2. The van der Waals surface area contributed by atoms with Crippen LogP contribution in [0.4, 0.5) is 0 Å². The lowest BCUT2D eigenvalue weighted by atomic mass is 9.87. The Balaban J connectivity index is 0.00000169. The van der Waals surface area contributed by atoms with Crippen LogP contribution in [-0.4, -0.2) is 73.0 Å². The number of hydrogen-bond acceptors (Lipinski definition) is 4. The monoisotopic (exact) mass is 408 g/mol. The molecule has 2 N–H and O–H groups in total. The molecule has 0 aromatic rings. The third-order valence-electron chi connectivity index (χ3n) is 5.71. The van der Waals surface area contributed by atoms with Crippen LogP contribution in [0.5, 0.6) is 0 Å². The zero-order chi connectivity index (χ0) is 16.9. The number of rotatable bonds is 4. The van der Waals surface area contributed by atoms with Crippen molar-refractivity contribution in [1.82, 2.24) is 20.4 Å². The summed E-state index contributed by atoms with van der Waals surface area (Å²) in [6, 6.07) is 0.380. The number of halogens is 2. The quantitative estimate of drug-likeness (QED) is 0.737. The summed E-state index contributed by atoms with van der Waals surface area (Å²) < 4.78 is 0. The number of piperazine rings is 1. The first-order valence-corrected chi connectivity index (χ1v) is 9.65. The summed E-state index contributed by atoms with van der Waals surface area (Å²) in [7, 11) is 0. The molecule has 1 aliphatic carbocycles. The van der Waals surface area contributed by atoms with Crippen LogP contribution in [0.15, 0.2) is 0 Å². The highest BCUT2D eigenvalue weighted by Gasteiger charge is 2.29. The summed E-state index contributed by atoms with van der Waals surface area (Å²) in [5.74, 6) is 1.11. The second kappa shape index (κ2) is 11.3. The lowest BCUT2D eigenvalue weighted by molar-refractivity contribution is -0.135. The van der Waals surface area contributed by atoms with Gasteiger partial charge in [0.05, 0.1) is 12.6 Å². The Morgan fingerprint density at radius 1 is 1.04 bits per heavy atom. The van der Waals surface area contributed by atoms with Crippen molar-refractivity contribution in [3.05, 3.63) is 0 Å². The molecule has 0 radical (unpaired) electrons. The molecule has 2 amide bonds. The van der Waals surface area contributed by atoms with Crippen LogP contribution in [-0.2, 0) is 9.59 Å². The molecule has 1 saturated carbocycles. The minimum absolute atomic E-state index is 0. The van der Waals surface area contributed by atoms with Crippen molar-refractivity contribution in [3.63, 3.8) is 0 Å². The van der Waals surface area contributed by atoms with E-state index in [4.69, 9.17) is 0 Å². The zero-order valence-corrected chi connectivity index (χ0v) is 17.4. The Bertz CT molecular complexity index is 452. The van der Waals surface area contributed by atoms with Crippen LogP contribution in [0, 0.1) is 5.92 Å². The fraction of sp³-hybridized carbons (Fsp3) is 0.889. The predicted molar refractivity (Wildman–Crippen MR) is 108 cm³/mol. The van der Waals surface area contributed by atoms with E-state index in [1.54, 1.807) is 0 Å². The zero-order valence-electron chi connectivity index (χ0n) is 15.7. The van der Waals surface area contributed by atoms with Crippen molar-refractivity contribution < 1.29 is 9.59 Å². The highest BCUT2D eigenvalue weighted by molar-refractivity contribution is 5.85. The summed E-state index contributed by atoms with van der Waals surface area (Å²) in [5, 5.41) is 6.48. The summed E-state index contributed by atoms with van der Waals surface area (Å²) in [5.41, 5.74) is 0. The smallest absolute Gasteiger partial charge is 0.239 e. The van der Waals surface area contributed by atoms with Crippen molar-refractivity contribution >= 4 is 36.6 Å². The van der Waals surface area contributed by atoms with E-state index >= 15 is 0 Å². The van der Waals surface area contributed by atoms with Gasteiger partial charge in [0.15, 0.2) is 0 Å². The number of hydrogen-bond donors (Lipinski definition) is 2. The molecular weight excluding hydrogens is 375 g/mol. The molecule has 6 nitrogen and oxygen atoms in total. The first-order chi connectivity index (χ1) is 11.6. The van der Waals surface area contributed by atoms with Crippen molar-refractivity contribution in [3.8, 4) is 0 Å². The third-order valence-corrected chi connectivity index (χ3v) is 5.71. The van der Waals surface area contributed by atoms with Gasteiger partial charge in [0, 0.05) is 32.2 Å². The number of nitrogens with zero attached hydrogens (tertiary/aromatic N) is 2. The highest BCUT2D eigenvalue weighted by Crippen LogP contribution is 2.23. The van der Waals surface area contributed by atoms with Crippen molar-refractivity contribution in [2.24, 2.45) is 5.92 Å². The molecule has 2 aliphatic heterocycles. The summed E-state index contributed by atoms with van der Waals surface area (Å²) in [6.45, 7) is 6.77. The fourth-order valence-corrected chi connectivity index (χ4v) is 4.28. The SMILES string of the molecule is CC1CCCC(NC(=O)CN2CCN(C(=O)C3CCCN3)CC2)C1.Cl.Cl. The van der Waals surface area contributed by atoms with Crippen molar-refractivity contribution in [1.29, 1.82) is 0 Å². The van der Waals surface area contributed by atoms with Crippen molar-refractivity contribution in [2.45, 2.75) is 57.5 Å². The number of carbonyl (C=O) groups excluding carboxylic acids is 2. The molecule has 0 bridgehead atoms. The van der Waals surface area contributed by atoms with Gasteiger partial charge < -0.3 is 15.5 Å². The Morgan fingerprint density at radius 2 is 1.77 bits per heavy atom. The average Bonchev–Trinajstić information content (AvgIpc) is 3.09. The highest BCUT2D eigenvalue weighted by atomic mass is 35.5. The molecule has 8 heteroatoms. The largest absolute Gasteiger partial charge is 0.352 e. The molecule has 3 atom stereocenters. The Labute approximate surface area is 169 Å². The topological polar surface area (TPSA) is 64.7 Å². The minimum atomic E-state index is 0. The molecular formula is C18H34Cl2N4O2. The molecule has 2 saturated heterocycles. The first-order valence-electron chi connectivity index (χ1n) is 9.65. The maximum Gasteiger partial charge on any atom is 0.239 e.